The molecule has 4 nitrogen and oxygen atoms in total. The molecular weight excluding hydrogens is 253 g/mol. The van der Waals surface area contributed by atoms with Gasteiger partial charge in [0.15, 0.2) is 0 Å². The molecule has 0 aliphatic carbocycles. The molecule has 15 heavy (non-hydrogen) atoms. The SMILES string of the molecule is O=[N+]([O-])c1nc(C(F)F)c(CCl)cc1Cl. The minimum atomic E-state index is -2.92. The van der Waals surface area contributed by atoms with Crippen molar-refractivity contribution >= 4 is 29.0 Å². The van der Waals surface area contributed by atoms with E-state index in [0.29, 0.717) is 0 Å². The zero-order valence-electron chi connectivity index (χ0n) is 7.08. The summed E-state index contributed by atoms with van der Waals surface area (Å²) in [6, 6.07) is 1.03. The molecular formula is C7H4Cl2F2N2O2. The van der Waals surface area contributed by atoms with Gasteiger partial charge in [-0.3, -0.25) is 0 Å². The van der Waals surface area contributed by atoms with Crippen LogP contribution in [-0.2, 0) is 5.88 Å². The summed E-state index contributed by atoms with van der Waals surface area (Å²) < 4.78 is 24.8. The quantitative estimate of drug-likeness (QED) is 0.474. The second-order valence-corrected chi connectivity index (χ2v) is 3.20. The fraction of sp³-hybridized carbons (Fsp3) is 0.286. The van der Waals surface area contributed by atoms with Crippen LogP contribution in [0.1, 0.15) is 17.7 Å². The fourth-order valence-electron chi connectivity index (χ4n) is 0.955. The maximum atomic E-state index is 12.4. The van der Waals surface area contributed by atoms with Crippen molar-refractivity contribution in [1.82, 2.24) is 4.98 Å². The molecule has 0 bridgehead atoms. The topological polar surface area (TPSA) is 56.0 Å². The van der Waals surface area contributed by atoms with Gasteiger partial charge in [-0.05, 0) is 16.0 Å². The van der Waals surface area contributed by atoms with E-state index in [2.05, 4.69) is 4.98 Å². The van der Waals surface area contributed by atoms with Crippen LogP contribution in [-0.4, -0.2) is 9.91 Å². The van der Waals surface area contributed by atoms with Crippen molar-refractivity contribution in [2.45, 2.75) is 12.3 Å². The van der Waals surface area contributed by atoms with Crippen LogP contribution < -0.4 is 0 Å². The van der Waals surface area contributed by atoms with Crippen molar-refractivity contribution in [3.8, 4) is 0 Å². The number of halogens is 4. The highest BCUT2D eigenvalue weighted by atomic mass is 35.5. The maximum absolute atomic E-state index is 12.4. The van der Waals surface area contributed by atoms with Gasteiger partial charge in [-0.25, -0.2) is 8.78 Å². The average molecular weight is 257 g/mol. The average Bonchev–Trinajstić information content (AvgIpc) is 2.16. The molecule has 0 atom stereocenters. The standard InChI is InChI=1S/C7H4Cl2F2N2O2/c8-2-3-1-4(9)7(13(14)15)12-5(3)6(10)11/h1,6H,2H2. The van der Waals surface area contributed by atoms with Crippen LogP contribution >= 0.6 is 23.2 Å². The Balaban J connectivity index is 3.37. The van der Waals surface area contributed by atoms with E-state index in [9.17, 15) is 18.9 Å². The lowest BCUT2D eigenvalue weighted by Crippen LogP contribution is -2.02. The van der Waals surface area contributed by atoms with E-state index in [4.69, 9.17) is 23.2 Å². The lowest BCUT2D eigenvalue weighted by Gasteiger charge is -2.02. The number of nitro groups is 1. The summed E-state index contributed by atoms with van der Waals surface area (Å²) >= 11 is 10.9. The van der Waals surface area contributed by atoms with Crippen LogP contribution in [0.3, 0.4) is 0 Å². The summed E-state index contributed by atoms with van der Waals surface area (Å²) in [6.45, 7) is 0. The first kappa shape index (κ1) is 12.1. The molecule has 8 heteroatoms. The minimum absolute atomic E-state index is 0.0118. The molecule has 0 spiro atoms. The number of hydrogen-bond donors (Lipinski definition) is 0. The van der Waals surface area contributed by atoms with Crippen molar-refractivity contribution in [1.29, 1.82) is 0 Å². The van der Waals surface area contributed by atoms with Crippen molar-refractivity contribution in [2.75, 3.05) is 0 Å². The molecule has 0 fully saturated rings. The van der Waals surface area contributed by atoms with Crippen molar-refractivity contribution in [3.05, 3.63) is 32.5 Å². The third kappa shape index (κ3) is 2.51. The van der Waals surface area contributed by atoms with Gasteiger partial charge in [-0.1, -0.05) is 11.6 Å². The summed E-state index contributed by atoms with van der Waals surface area (Å²) in [5, 5.41) is 10.1. The van der Waals surface area contributed by atoms with Crippen LogP contribution in [0, 0.1) is 10.1 Å². The molecule has 0 unspecified atom stereocenters. The van der Waals surface area contributed by atoms with Gasteiger partial charge in [0.1, 0.15) is 5.02 Å². The van der Waals surface area contributed by atoms with Crippen LogP contribution in [0.15, 0.2) is 6.07 Å². The van der Waals surface area contributed by atoms with E-state index in [1.165, 1.54) is 0 Å². The number of nitrogens with zero attached hydrogens (tertiary/aromatic N) is 2. The highest BCUT2D eigenvalue weighted by Gasteiger charge is 2.26. The van der Waals surface area contributed by atoms with Gasteiger partial charge in [0.05, 0.1) is 5.88 Å². The Labute approximate surface area is 93.0 Å². The summed E-state index contributed by atoms with van der Waals surface area (Å²) in [7, 11) is 0. The van der Waals surface area contributed by atoms with E-state index in [-0.39, 0.29) is 16.5 Å². The molecule has 0 aliphatic heterocycles. The van der Waals surface area contributed by atoms with E-state index >= 15 is 0 Å². The van der Waals surface area contributed by atoms with Gasteiger partial charge >= 0.3 is 12.2 Å². The van der Waals surface area contributed by atoms with Gasteiger partial charge in [-0.15, -0.1) is 11.6 Å². The minimum Gasteiger partial charge on any atom is -0.358 e. The van der Waals surface area contributed by atoms with Crippen LogP contribution in [0.4, 0.5) is 14.6 Å². The van der Waals surface area contributed by atoms with Crippen LogP contribution in [0.5, 0.6) is 0 Å². The molecule has 0 amide bonds. The summed E-state index contributed by atoms with van der Waals surface area (Å²) in [4.78, 5) is 12.6. The van der Waals surface area contributed by atoms with Gasteiger partial charge in [0.25, 0.3) is 0 Å². The van der Waals surface area contributed by atoms with Crippen LogP contribution in [0.2, 0.25) is 5.02 Å². The Kier molecular flexibility index (Phi) is 3.76. The predicted octanol–water partition coefficient (Wildman–Crippen LogP) is 3.32. The Hall–Kier alpha value is -1.01. The van der Waals surface area contributed by atoms with Gasteiger partial charge < -0.3 is 10.1 Å². The first-order valence-electron chi connectivity index (χ1n) is 3.65. The third-order valence-corrected chi connectivity index (χ3v) is 2.16. The van der Waals surface area contributed by atoms with E-state index in [1.54, 1.807) is 0 Å². The zero-order valence-corrected chi connectivity index (χ0v) is 8.60. The second-order valence-electron chi connectivity index (χ2n) is 2.53. The Morgan fingerprint density at radius 2 is 2.20 bits per heavy atom. The van der Waals surface area contributed by atoms with E-state index in [0.717, 1.165) is 6.07 Å². The molecule has 0 saturated heterocycles. The molecule has 0 saturated carbocycles. The molecule has 0 N–H and O–H groups in total. The molecule has 1 aromatic rings. The predicted molar refractivity (Wildman–Crippen MR) is 50.4 cm³/mol. The molecule has 0 radical (unpaired) electrons. The Morgan fingerprint density at radius 3 is 2.60 bits per heavy atom. The first-order chi connectivity index (χ1) is 6.97. The normalized spacial score (nSPS) is 10.7. The largest absolute Gasteiger partial charge is 0.382 e. The fourth-order valence-corrected chi connectivity index (χ4v) is 1.41. The molecule has 1 rings (SSSR count). The third-order valence-electron chi connectivity index (χ3n) is 1.59. The Morgan fingerprint density at radius 1 is 1.60 bits per heavy atom. The van der Waals surface area contributed by atoms with E-state index in [1.807, 2.05) is 0 Å². The highest BCUT2D eigenvalue weighted by molar-refractivity contribution is 6.32. The lowest BCUT2D eigenvalue weighted by molar-refractivity contribution is -0.389. The molecule has 1 heterocycles. The monoisotopic (exact) mass is 256 g/mol. The number of pyridine rings is 1. The highest BCUT2D eigenvalue weighted by Crippen LogP contribution is 2.30. The number of rotatable bonds is 3. The van der Waals surface area contributed by atoms with Crippen molar-refractivity contribution < 1.29 is 13.7 Å². The Bertz CT molecular complexity index is 401. The number of hydrogen-bond acceptors (Lipinski definition) is 3. The van der Waals surface area contributed by atoms with Crippen molar-refractivity contribution in [2.24, 2.45) is 0 Å². The van der Waals surface area contributed by atoms with Gasteiger partial charge in [0.2, 0.25) is 5.69 Å². The number of aromatic nitrogens is 1. The maximum Gasteiger partial charge on any atom is 0.382 e. The van der Waals surface area contributed by atoms with Gasteiger partial charge in [0, 0.05) is 5.56 Å². The summed E-state index contributed by atoms with van der Waals surface area (Å²) in [6.07, 6.45) is -2.92. The molecule has 1 aromatic heterocycles. The summed E-state index contributed by atoms with van der Waals surface area (Å²) in [5.41, 5.74) is -0.719. The van der Waals surface area contributed by atoms with Gasteiger partial charge in [-0.2, -0.15) is 0 Å². The smallest absolute Gasteiger partial charge is 0.358 e. The first-order valence-corrected chi connectivity index (χ1v) is 4.56. The molecule has 0 aliphatic rings. The lowest BCUT2D eigenvalue weighted by atomic mass is 10.2. The number of alkyl halides is 3. The summed E-state index contributed by atoms with van der Waals surface area (Å²) in [5.74, 6) is -1.02. The van der Waals surface area contributed by atoms with Crippen LogP contribution in [0.25, 0.3) is 0 Å². The molecule has 82 valence electrons. The van der Waals surface area contributed by atoms with E-state index < -0.39 is 22.9 Å². The molecule has 0 aromatic carbocycles. The van der Waals surface area contributed by atoms with Crippen molar-refractivity contribution in [3.63, 3.8) is 0 Å². The second kappa shape index (κ2) is 4.67. The zero-order chi connectivity index (χ0) is 11.6.